The Morgan fingerprint density at radius 1 is 1.38 bits per heavy atom. The van der Waals surface area contributed by atoms with E-state index < -0.39 is 0 Å². The summed E-state index contributed by atoms with van der Waals surface area (Å²) in [6, 6.07) is 0. The molecule has 92 valence electrons. The van der Waals surface area contributed by atoms with Crippen molar-refractivity contribution in [2.45, 2.75) is 46.1 Å². The largest absolute Gasteiger partial charge is 0.456 e. The quantitative estimate of drug-likeness (QED) is 0.591. The molecule has 3 nitrogen and oxygen atoms in total. The van der Waals surface area contributed by atoms with Crippen LogP contribution in [0.3, 0.4) is 0 Å². The van der Waals surface area contributed by atoms with E-state index in [1.807, 2.05) is 20.8 Å². The van der Waals surface area contributed by atoms with Crippen molar-refractivity contribution in [3.05, 3.63) is 11.6 Å². The number of hydrogen-bond donors (Lipinski definition) is 1. The Hall–Kier alpha value is -0.830. The minimum Gasteiger partial charge on any atom is -0.456 e. The topological polar surface area (TPSA) is 38.3 Å². The molecule has 0 bridgehead atoms. The second kappa shape index (κ2) is 5.48. The van der Waals surface area contributed by atoms with Gasteiger partial charge in [0.25, 0.3) is 0 Å². The third-order valence-corrected chi connectivity index (χ3v) is 3.43. The molecule has 1 saturated heterocycles. The lowest BCUT2D eigenvalue weighted by Crippen LogP contribution is -2.42. The monoisotopic (exact) mass is 225 g/mol. The molecule has 0 spiro atoms. The van der Waals surface area contributed by atoms with E-state index in [1.165, 1.54) is 0 Å². The van der Waals surface area contributed by atoms with Gasteiger partial charge in [0.05, 0.1) is 0 Å². The van der Waals surface area contributed by atoms with Gasteiger partial charge >= 0.3 is 5.97 Å². The lowest BCUT2D eigenvalue weighted by Gasteiger charge is -2.36. The Bertz CT molecular complexity index is 276. The zero-order valence-corrected chi connectivity index (χ0v) is 10.8. The van der Waals surface area contributed by atoms with Crippen molar-refractivity contribution in [2.24, 2.45) is 5.92 Å². The Labute approximate surface area is 98.2 Å². The molecular weight excluding hydrogens is 202 g/mol. The van der Waals surface area contributed by atoms with E-state index in [-0.39, 0.29) is 11.6 Å². The maximum absolute atomic E-state index is 11.7. The van der Waals surface area contributed by atoms with Crippen molar-refractivity contribution >= 4 is 5.97 Å². The normalized spacial score (nSPS) is 19.6. The van der Waals surface area contributed by atoms with Crippen LogP contribution >= 0.6 is 0 Å². The number of esters is 1. The highest BCUT2D eigenvalue weighted by atomic mass is 16.6. The van der Waals surface area contributed by atoms with Gasteiger partial charge in [-0.15, -0.1) is 0 Å². The lowest BCUT2D eigenvalue weighted by molar-refractivity contribution is -0.157. The Morgan fingerprint density at radius 3 is 2.44 bits per heavy atom. The SMILES string of the molecule is C/C=C(\C)C(=O)OC(C)(C)C1CCNCC1. The van der Waals surface area contributed by atoms with Gasteiger partial charge in [-0.2, -0.15) is 0 Å². The molecule has 1 aliphatic rings. The number of nitrogens with one attached hydrogen (secondary N) is 1. The first kappa shape index (κ1) is 13.2. The second-order valence-electron chi connectivity index (χ2n) is 4.99. The van der Waals surface area contributed by atoms with Gasteiger partial charge in [0, 0.05) is 11.5 Å². The molecule has 0 saturated carbocycles. The molecule has 0 radical (unpaired) electrons. The zero-order valence-electron chi connectivity index (χ0n) is 10.8. The average Bonchev–Trinajstić information content (AvgIpc) is 2.28. The number of piperidine rings is 1. The predicted octanol–water partition coefficient (Wildman–Crippen LogP) is 2.27. The molecule has 3 heteroatoms. The van der Waals surface area contributed by atoms with E-state index in [0.717, 1.165) is 25.9 Å². The number of carbonyl (C=O) groups excluding carboxylic acids is 1. The first-order valence-corrected chi connectivity index (χ1v) is 6.04. The summed E-state index contributed by atoms with van der Waals surface area (Å²) in [5.74, 6) is 0.272. The van der Waals surface area contributed by atoms with E-state index in [0.29, 0.717) is 11.5 Å². The summed E-state index contributed by atoms with van der Waals surface area (Å²) in [6.45, 7) is 9.73. The van der Waals surface area contributed by atoms with Gasteiger partial charge < -0.3 is 10.1 Å². The van der Waals surface area contributed by atoms with Crippen molar-refractivity contribution in [1.82, 2.24) is 5.32 Å². The molecule has 0 aromatic heterocycles. The van der Waals surface area contributed by atoms with Crippen molar-refractivity contribution < 1.29 is 9.53 Å². The van der Waals surface area contributed by atoms with Gasteiger partial charge in [-0.25, -0.2) is 4.79 Å². The number of carbonyl (C=O) groups is 1. The van der Waals surface area contributed by atoms with E-state index in [1.54, 1.807) is 13.0 Å². The minimum absolute atomic E-state index is 0.189. The van der Waals surface area contributed by atoms with Crippen LogP contribution < -0.4 is 5.32 Å². The highest BCUT2D eigenvalue weighted by Crippen LogP contribution is 2.29. The van der Waals surface area contributed by atoms with Crippen LogP contribution in [0, 0.1) is 5.92 Å². The molecule has 1 rings (SSSR count). The first-order chi connectivity index (χ1) is 7.47. The summed E-state index contributed by atoms with van der Waals surface area (Å²) in [5, 5.41) is 3.32. The summed E-state index contributed by atoms with van der Waals surface area (Å²) < 4.78 is 5.60. The van der Waals surface area contributed by atoms with Crippen LogP contribution in [-0.4, -0.2) is 24.7 Å². The van der Waals surface area contributed by atoms with Crippen LogP contribution in [0.25, 0.3) is 0 Å². The summed E-state index contributed by atoms with van der Waals surface area (Å²) in [6.07, 6.45) is 3.95. The Balaban J connectivity index is 2.59. The Morgan fingerprint density at radius 2 is 1.94 bits per heavy atom. The zero-order chi connectivity index (χ0) is 12.2. The number of rotatable bonds is 3. The summed E-state index contributed by atoms with van der Waals surface area (Å²) >= 11 is 0. The Kier molecular flexibility index (Phi) is 4.54. The average molecular weight is 225 g/mol. The molecule has 0 unspecified atom stereocenters. The minimum atomic E-state index is -0.358. The molecule has 16 heavy (non-hydrogen) atoms. The van der Waals surface area contributed by atoms with Crippen LogP contribution in [0.2, 0.25) is 0 Å². The number of ether oxygens (including phenoxy) is 1. The van der Waals surface area contributed by atoms with Gasteiger partial charge in [-0.05, 0) is 53.6 Å². The smallest absolute Gasteiger partial charge is 0.333 e. The fourth-order valence-electron chi connectivity index (χ4n) is 2.04. The highest BCUT2D eigenvalue weighted by Gasteiger charge is 2.34. The van der Waals surface area contributed by atoms with Crippen molar-refractivity contribution in [2.75, 3.05) is 13.1 Å². The van der Waals surface area contributed by atoms with Gasteiger partial charge in [0.1, 0.15) is 5.60 Å². The molecule has 1 heterocycles. The van der Waals surface area contributed by atoms with Crippen LogP contribution in [0.4, 0.5) is 0 Å². The fraction of sp³-hybridized carbons (Fsp3) is 0.769. The van der Waals surface area contributed by atoms with E-state index in [2.05, 4.69) is 5.32 Å². The van der Waals surface area contributed by atoms with E-state index in [9.17, 15) is 4.79 Å². The molecular formula is C13H23NO2. The van der Waals surface area contributed by atoms with Crippen LogP contribution in [-0.2, 0) is 9.53 Å². The fourth-order valence-corrected chi connectivity index (χ4v) is 2.04. The summed E-state index contributed by atoms with van der Waals surface area (Å²) in [4.78, 5) is 11.7. The van der Waals surface area contributed by atoms with Gasteiger partial charge in [-0.3, -0.25) is 0 Å². The molecule has 1 fully saturated rings. The molecule has 1 N–H and O–H groups in total. The molecule has 0 aliphatic carbocycles. The van der Waals surface area contributed by atoms with Crippen molar-refractivity contribution in [3.8, 4) is 0 Å². The van der Waals surface area contributed by atoms with Crippen LogP contribution in [0.1, 0.15) is 40.5 Å². The maximum atomic E-state index is 11.7. The van der Waals surface area contributed by atoms with E-state index >= 15 is 0 Å². The standard InChI is InChI=1S/C13H23NO2/c1-5-10(2)12(15)16-13(3,4)11-6-8-14-9-7-11/h5,11,14H,6-9H2,1-4H3/b10-5+. The predicted molar refractivity (Wildman–Crippen MR) is 65.2 cm³/mol. The molecule has 0 aromatic carbocycles. The third kappa shape index (κ3) is 3.34. The molecule has 0 amide bonds. The van der Waals surface area contributed by atoms with Crippen LogP contribution in [0.5, 0.6) is 0 Å². The molecule has 0 aromatic rings. The van der Waals surface area contributed by atoms with Gasteiger partial charge in [-0.1, -0.05) is 6.08 Å². The molecule has 1 aliphatic heterocycles. The van der Waals surface area contributed by atoms with Gasteiger partial charge in [0.2, 0.25) is 0 Å². The van der Waals surface area contributed by atoms with Gasteiger partial charge in [0.15, 0.2) is 0 Å². The first-order valence-electron chi connectivity index (χ1n) is 6.04. The summed E-state index contributed by atoms with van der Waals surface area (Å²) in [5.41, 5.74) is 0.325. The molecule has 0 atom stereocenters. The lowest BCUT2D eigenvalue weighted by atomic mass is 9.83. The maximum Gasteiger partial charge on any atom is 0.333 e. The van der Waals surface area contributed by atoms with Crippen molar-refractivity contribution in [3.63, 3.8) is 0 Å². The van der Waals surface area contributed by atoms with Crippen LogP contribution in [0.15, 0.2) is 11.6 Å². The second-order valence-corrected chi connectivity index (χ2v) is 4.99. The van der Waals surface area contributed by atoms with E-state index in [4.69, 9.17) is 4.74 Å². The van der Waals surface area contributed by atoms with Crippen molar-refractivity contribution in [1.29, 1.82) is 0 Å². The number of hydrogen-bond acceptors (Lipinski definition) is 3. The third-order valence-electron chi connectivity index (χ3n) is 3.43. The summed E-state index contributed by atoms with van der Waals surface area (Å²) in [7, 11) is 0. The highest BCUT2D eigenvalue weighted by molar-refractivity contribution is 5.87. The number of allylic oxidation sites excluding steroid dienone is 1.